The molecule has 0 unspecified atom stereocenters. The van der Waals surface area contributed by atoms with E-state index in [1.54, 1.807) is 9.58 Å². The average Bonchev–Trinajstić information content (AvgIpc) is 3.59. The van der Waals surface area contributed by atoms with E-state index in [9.17, 15) is 4.79 Å². The number of halogens is 1. The van der Waals surface area contributed by atoms with Gasteiger partial charge in [0.1, 0.15) is 15.8 Å². The molecule has 0 N–H and O–H groups in total. The molecular weight excluding hydrogens is 502 g/mol. The fourth-order valence-corrected chi connectivity index (χ4v) is 5.64. The largest absolute Gasteiger partial charge is 0.492 e. The predicted octanol–water partition coefficient (Wildman–Crippen LogP) is 5.97. The Morgan fingerprint density at radius 2 is 2.11 bits per heavy atom. The van der Waals surface area contributed by atoms with E-state index in [1.807, 2.05) is 67.7 Å². The van der Waals surface area contributed by atoms with Crippen LogP contribution in [-0.4, -0.2) is 50.8 Å². The van der Waals surface area contributed by atoms with Gasteiger partial charge >= 0.3 is 0 Å². The quantitative estimate of drug-likeness (QED) is 0.280. The Kier molecular flexibility index (Phi) is 7.24. The van der Waals surface area contributed by atoms with Crippen LogP contribution in [0.3, 0.4) is 0 Å². The first kappa shape index (κ1) is 24.1. The van der Waals surface area contributed by atoms with Crippen LogP contribution in [0.15, 0.2) is 59.6 Å². The van der Waals surface area contributed by atoms with Crippen molar-refractivity contribution in [1.82, 2.24) is 14.7 Å². The molecule has 180 valence electrons. The monoisotopic (exact) mass is 525 g/mol. The number of aromatic nitrogens is 2. The van der Waals surface area contributed by atoms with Crippen LogP contribution in [0.2, 0.25) is 5.02 Å². The van der Waals surface area contributed by atoms with Gasteiger partial charge in [-0.2, -0.15) is 5.10 Å². The van der Waals surface area contributed by atoms with Crippen LogP contribution in [0.5, 0.6) is 5.75 Å². The molecule has 2 aromatic carbocycles. The minimum Gasteiger partial charge on any atom is -0.492 e. The molecule has 0 aliphatic carbocycles. The van der Waals surface area contributed by atoms with Gasteiger partial charge < -0.3 is 9.47 Å². The van der Waals surface area contributed by atoms with E-state index in [2.05, 4.69) is 0 Å². The number of ether oxygens (including phenoxy) is 2. The van der Waals surface area contributed by atoms with Crippen LogP contribution < -0.4 is 4.74 Å². The number of hydrogen-bond donors (Lipinski definition) is 0. The minimum absolute atomic E-state index is 0.0410. The molecule has 35 heavy (non-hydrogen) atoms. The number of para-hydroxylation sites is 1. The van der Waals surface area contributed by atoms with Crippen molar-refractivity contribution in [1.29, 1.82) is 0 Å². The number of benzene rings is 2. The number of thioether (sulfide) groups is 1. The number of rotatable bonds is 7. The number of hydrogen-bond acceptors (Lipinski definition) is 6. The summed E-state index contributed by atoms with van der Waals surface area (Å²) < 4.78 is 13.7. The van der Waals surface area contributed by atoms with Crippen LogP contribution in [0, 0.1) is 0 Å². The lowest BCUT2D eigenvalue weighted by atomic mass is 10.1. The fourth-order valence-electron chi connectivity index (χ4n) is 4.14. The lowest BCUT2D eigenvalue weighted by Crippen LogP contribution is -2.35. The second kappa shape index (κ2) is 10.5. The summed E-state index contributed by atoms with van der Waals surface area (Å²) in [6.45, 7) is 3.67. The number of amides is 1. The summed E-state index contributed by atoms with van der Waals surface area (Å²) in [6, 6.07) is 15.4. The van der Waals surface area contributed by atoms with Gasteiger partial charge in [-0.25, -0.2) is 4.68 Å². The first-order chi connectivity index (χ1) is 17.0. The third kappa shape index (κ3) is 5.16. The lowest BCUT2D eigenvalue weighted by molar-refractivity contribution is -0.123. The molecular formula is C26H24ClN3O3S2. The Balaban J connectivity index is 1.52. The second-order valence-electron chi connectivity index (χ2n) is 8.22. The molecule has 6 nitrogen and oxygen atoms in total. The van der Waals surface area contributed by atoms with Crippen LogP contribution in [-0.2, 0) is 9.53 Å². The van der Waals surface area contributed by atoms with Gasteiger partial charge in [-0.1, -0.05) is 53.8 Å². The number of thiocarbonyl (C=S) groups is 1. The summed E-state index contributed by atoms with van der Waals surface area (Å²) in [5.41, 5.74) is 3.25. The van der Waals surface area contributed by atoms with E-state index in [0.29, 0.717) is 38.8 Å². The molecule has 2 aliphatic rings. The molecule has 1 amide bonds. The molecule has 2 fully saturated rings. The van der Waals surface area contributed by atoms with Crippen LogP contribution in [0.1, 0.15) is 25.3 Å². The molecule has 2 aliphatic heterocycles. The zero-order valence-corrected chi connectivity index (χ0v) is 21.5. The van der Waals surface area contributed by atoms with E-state index < -0.39 is 0 Å². The first-order valence-corrected chi connectivity index (χ1v) is 13.1. The molecule has 2 saturated heterocycles. The molecule has 0 bridgehead atoms. The average molecular weight is 526 g/mol. The Hall–Kier alpha value is -2.65. The molecule has 9 heteroatoms. The van der Waals surface area contributed by atoms with E-state index >= 15 is 0 Å². The zero-order chi connectivity index (χ0) is 24.4. The highest BCUT2D eigenvalue weighted by Crippen LogP contribution is 2.37. The molecule has 0 radical (unpaired) electrons. The van der Waals surface area contributed by atoms with Gasteiger partial charge in [0.25, 0.3) is 5.91 Å². The van der Waals surface area contributed by atoms with Crippen molar-refractivity contribution < 1.29 is 14.3 Å². The molecule has 5 rings (SSSR count). The van der Waals surface area contributed by atoms with Crippen LogP contribution in [0.4, 0.5) is 0 Å². The summed E-state index contributed by atoms with van der Waals surface area (Å²) in [6.07, 6.45) is 5.78. The maximum Gasteiger partial charge on any atom is 0.266 e. The van der Waals surface area contributed by atoms with E-state index in [-0.39, 0.29) is 12.0 Å². The number of carbonyl (C=O) groups is 1. The third-order valence-electron chi connectivity index (χ3n) is 5.84. The van der Waals surface area contributed by atoms with E-state index in [0.717, 1.165) is 36.3 Å². The maximum absolute atomic E-state index is 13.2. The number of carbonyl (C=O) groups excluding carboxylic acids is 1. The second-order valence-corrected chi connectivity index (χ2v) is 10.3. The minimum atomic E-state index is -0.0985. The molecule has 1 aromatic heterocycles. The third-order valence-corrected chi connectivity index (χ3v) is 7.51. The highest BCUT2D eigenvalue weighted by Gasteiger charge is 2.35. The van der Waals surface area contributed by atoms with E-state index in [1.165, 1.54) is 11.8 Å². The normalized spacial score (nSPS) is 19.2. The molecule has 3 heterocycles. The lowest BCUT2D eigenvalue weighted by Gasteiger charge is -2.18. The van der Waals surface area contributed by atoms with Crippen molar-refractivity contribution in [2.75, 3.05) is 19.8 Å². The van der Waals surface area contributed by atoms with Crippen molar-refractivity contribution in [2.45, 2.75) is 25.9 Å². The van der Waals surface area contributed by atoms with Crippen LogP contribution in [0.25, 0.3) is 23.0 Å². The van der Waals surface area contributed by atoms with Crippen molar-refractivity contribution in [3.63, 3.8) is 0 Å². The Bertz CT molecular complexity index is 1290. The van der Waals surface area contributed by atoms with Crippen molar-refractivity contribution in [2.24, 2.45) is 0 Å². The maximum atomic E-state index is 13.2. The van der Waals surface area contributed by atoms with Crippen molar-refractivity contribution in [3.05, 3.63) is 70.2 Å². The van der Waals surface area contributed by atoms with Gasteiger partial charge in [-0.15, -0.1) is 0 Å². The Morgan fingerprint density at radius 3 is 2.83 bits per heavy atom. The van der Waals surface area contributed by atoms with Gasteiger partial charge in [0.2, 0.25) is 0 Å². The molecule has 3 aromatic rings. The Morgan fingerprint density at radius 1 is 1.29 bits per heavy atom. The summed E-state index contributed by atoms with van der Waals surface area (Å²) in [7, 11) is 0. The van der Waals surface area contributed by atoms with Crippen LogP contribution >= 0.6 is 35.6 Å². The highest BCUT2D eigenvalue weighted by molar-refractivity contribution is 8.26. The van der Waals surface area contributed by atoms with Crippen molar-refractivity contribution in [3.8, 4) is 22.7 Å². The SMILES string of the molecule is CCOc1ccc(-c2nn(-c3ccccc3)cc2/C=C2\SC(=S)N(C[C@@H]3CCCO3)C2=O)cc1Cl. The fraction of sp³-hybridized carbons (Fsp3) is 0.269. The van der Waals surface area contributed by atoms with Gasteiger partial charge in [-0.05, 0) is 56.2 Å². The van der Waals surface area contributed by atoms with Gasteiger partial charge in [0.15, 0.2) is 0 Å². The highest BCUT2D eigenvalue weighted by atomic mass is 35.5. The van der Waals surface area contributed by atoms with Gasteiger partial charge in [-0.3, -0.25) is 9.69 Å². The van der Waals surface area contributed by atoms with E-state index in [4.69, 9.17) is 38.4 Å². The summed E-state index contributed by atoms with van der Waals surface area (Å²) >= 11 is 13.3. The van der Waals surface area contributed by atoms with Gasteiger partial charge in [0, 0.05) is 23.9 Å². The first-order valence-electron chi connectivity index (χ1n) is 11.5. The topological polar surface area (TPSA) is 56.6 Å². The summed E-state index contributed by atoms with van der Waals surface area (Å²) in [4.78, 5) is 15.5. The zero-order valence-electron chi connectivity index (χ0n) is 19.1. The number of nitrogens with zero attached hydrogens (tertiary/aromatic N) is 3. The molecule has 1 atom stereocenters. The summed E-state index contributed by atoms with van der Waals surface area (Å²) in [5, 5.41) is 5.35. The Labute approximate surface area is 218 Å². The predicted molar refractivity (Wildman–Crippen MR) is 144 cm³/mol. The summed E-state index contributed by atoms with van der Waals surface area (Å²) in [5.74, 6) is 0.524. The molecule has 0 spiro atoms. The standard InChI is InChI=1S/C26H24ClN3O3S2/c1-2-32-22-11-10-17(13-21(22)27)24-18(15-30(28-24)19-7-4-3-5-8-19)14-23-25(31)29(26(34)35-23)16-20-9-6-12-33-20/h3-5,7-8,10-11,13-15,20H,2,6,9,12,16H2,1H3/b23-14-/t20-/m0/s1. The van der Waals surface area contributed by atoms with Crippen molar-refractivity contribution >= 4 is 51.9 Å². The smallest absolute Gasteiger partial charge is 0.266 e. The molecule has 0 saturated carbocycles. The van der Waals surface area contributed by atoms with Gasteiger partial charge in [0.05, 0.1) is 34.9 Å².